The first-order chi connectivity index (χ1) is 11.8. The Morgan fingerprint density at radius 2 is 2.08 bits per heavy atom. The first-order valence-corrected chi connectivity index (χ1v) is 8.32. The molecule has 130 valence electrons. The number of nitrogens with one attached hydrogen (secondary N) is 1. The average molecular weight is 386 g/mol. The molecule has 0 atom stereocenters. The number of hydrogen-bond acceptors (Lipinski definition) is 4. The van der Waals surface area contributed by atoms with Crippen LogP contribution in [0.15, 0.2) is 41.6 Å². The van der Waals surface area contributed by atoms with Crippen molar-refractivity contribution in [2.24, 2.45) is 0 Å². The number of aromatic nitrogens is 1. The van der Waals surface area contributed by atoms with Gasteiger partial charge in [-0.25, -0.2) is 4.98 Å². The summed E-state index contributed by atoms with van der Waals surface area (Å²) in [6, 6.07) is 9.34. The van der Waals surface area contributed by atoms with Crippen molar-refractivity contribution < 1.29 is 18.0 Å². The first kappa shape index (κ1) is 19.1. The number of pyridine rings is 1. The number of hydrogen-bond donors (Lipinski definition) is 1. The molecule has 1 amide bonds. The smallest absolute Gasteiger partial charge is 0.325 e. The van der Waals surface area contributed by atoms with Gasteiger partial charge < -0.3 is 5.32 Å². The van der Waals surface area contributed by atoms with E-state index < -0.39 is 11.7 Å². The average Bonchev–Trinajstić information content (AvgIpc) is 2.56. The largest absolute Gasteiger partial charge is 0.417 e. The number of carbonyl (C=O) groups is 1. The monoisotopic (exact) mass is 385 g/mol. The van der Waals surface area contributed by atoms with Crippen LogP contribution in [0.3, 0.4) is 0 Å². The van der Waals surface area contributed by atoms with Gasteiger partial charge >= 0.3 is 6.18 Å². The predicted octanol–water partition coefficient (Wildman–Crippen LogP) is 4.75. The maximum Gasteiger partial charge on any atom is 0.417 e. The lowest BCUT2D eigenvalue weighted by Crippen LogP contribution is -2.13. The first-order valence-electron chi connectivity index (χ1n) is 6.96. The Morgan fingerprint density at radius 1 is 1.36 bits per heavy atom. The molecular formula is C16H11ClF3N3OS. The zero-order valence-electron chi connectivity index (χ0n) is 12.6. The van der Waals surface area contributed by atoms with Gasteiger partial charge in [-0.1, -0.05) is 23.7 Å². The van der Waals surface area contributed by atoms with Gasteiger partial charge in [-0.2, -0.15) is 18.4 Å². The van der Waals surface area contributed by atoms with Crippen molar-refractivity contribution in [2.75, 3.05) is 11.1 Å². The van der Waals surface area contributed by atoms with E-state index in [1.165, 1.54) is 0 Å². The third-order valence-electron chi connectivity index (χ3n) is 3.02. The molecule has 2 aromatic rings. The number of para-hydroxylation sites is 1. The normalized spacial score (nSPS) is 11.0. The van der Waals surface area contributed by atoms with Gasteiger partial charge in [0.25, 0.3) is 0 Å². The minimum Gasteiger partial charge on any atom is -0.325 e. The molecule has 25 heavy (non-hydrogen) atoms. The van der Waals surface area contributed by atoms with E-state index in [0.29, 0.717) is 17.4 Å². The quantitative estimate of drug-likeness (QED) is 0.754. The predicted molar refractivity (Wildman–Crippen MR) is 89.4 cm³/mol. The number of halogens is 4. The molecule has 1 N–H and O–H groups in total. The molecule has 0 saturated carbocycles. The molecule has 2 rings (SSSR count). The van der Waals surface area contributed by atoms with Gasteiger partial charge in [0.1, 0.15) is 11.1 Å². The lowest BCUT2D eigenvalue weighted by Gasteiger charge is -2.09. The van der Waals surface area contributed by atoms with Crippen LogP contribution in [0.25, 0.3) is 0 Å². The highest BCUT2D eigenvalue weighted by atomic mass is 35.5. The molecule has 0 saturated heterocycles. The minimum absolute atomic E-state index is 0.0868. The molecule has 4 nitrogen and oxygen atoms in total. The van der Waals surface area contributed by atoms with Crippen LogP contribution in [0.4, 0.5) is 18.9 Å². The van der Waals surface area contributed by atoms with Gasteiger partial charge in [0.15, 0.2) is 0 Å². The van der Waals surface area contributed by atoms with E-state index >= 15 is 0 Å². The topological polar surface area (TPSA) is 65.8 Å². The van der Waals surface area contributed by atoms with E-state index in [4.69, 9.17) is 16.9 Å². The van der Waals surface area contributed by atoms with Crippen molar-refractivity contribution in [3.8, 4) is 6.07 Å². The second kappa shape index (κ2) is 8.23. The number of benzene rings is 1. The van der Waals surface area contributed by atoms with Crippen molar-refractivity contribution in [3.63, 3.8) is 0 Å². The number of nitrogens with zero attached hydrogens (tertiary/aromatic N) is 2. The molecule has 0 fully saturated rings. The van der Waals surface area contributed by atoms with Crippen LogP contribution in [0.1, 0.15) is 17.5 Å². The van der Waals surface area contributed by atoms with Crippen LogP contribution < -0.4 is 5.32 Å². The fourth-order valence-electron chi connectivity index (χ4n) is 1.83. The number of alkyl halides is 3. The third-order valence-corrected chi connectivity index (χ3v) is 4.43. The summed E-state index contributed by atoms with van der Waals surface area (Å²) in [5.74, 6) is -0.0447. The van der Waals surface area contributed by atoms with E-state index in [-0.39, 0.29) is 28.1 Å². The summed E-state index contributed by atoms with van der Waals surface area (Å²) in [5, 5.41) is 11.7. The summed E-state index contributed by atoms with van der Waals surface area (Å²) < 4.78 is 37.6. The molecule has 0 aliphatic carbocycles. The summed E-state index contributed by atoms with van der Waals surface area (Å²) in [6.07, 6.45) is -3.71. The highest BCUT2D eigenvalue weighted by Gasteiger charge is 2.31. The maximum atomic E-state index is 12.5. The highest BCUT2D eigenvalue weighted by molar-refractivity contribution is 7.99. The SMILES string of the molecule is N#Cc1ccccc1NC(=O)CCSc1ncc(C(F)(F)F)cc1Cl. The van der Waals surface area contributed by atoms with E-state index in [1.54, 1.807) is 24.3 Å². The Balaban J connectivity index is 1.90. The Kier molecular flexibility index (Phi) is 6.28. The molecule has 0 aliphatic rings. The lowest BCUT2D eigenvalue weighted by molar-refractivity contribution is -0.137. The van der Waals surface area contributed by atoms with Crippen molar-refractivity contribution in [2.45, 2.75) is 17.6 Å². The number of carbonyl (C=O) groups excluding carboxylic acids is 1. The number of thioether (sulfide) groups is 1. The van der Waals surface area contributed by atoms with Gasteiger partial charge in [0, 0.05) is 18.4 Å². The fraction of sp³-hybridized carbons (Fsp3) is 0.188. The van der Waals surface area contributed by atoms with Crippen molar-refractivity contribution >= 4 is 35.0 Å². The molecule has 1 aromatic carbocycles. The van der Waals surface area contributed by atoms with Crippen LogP contribution in [-0.4, -0.2) is 16.6 Å². The Bertz CT molecular complexity index is 821. The zero-order valence-corrected chi connectivity index (χ0v) is 14.2. The summed E-state index contributed by atoms with van der Waals surface area (Å²) in [4.78, 5) is 15.6. The molecule has 0 bridgehead atoms. The van der Waals surface area contributed by atoms with Gasteiger partial charge in [-0.3, -0.25) is 4.79 Å². The highest BCUT2D eigenvalue weighted by Crippen LogP contribution is 2.33. The second-order valence-electron chi connectivity index (χ2n) is 4.81. The molecule has 9 heteroatoms. The molecule has 0 unspecified atom stereocenters. The molecule has 0 aliphatic heterocycles. The molecule has 1 aromatic heterocycles. The zero-order chi connectivity index (χ0) is 18.4. The van der Waals surface area contributed by atoms with Crippen LogP contribution in [0.2, 0.25) is 5.02 Å². The molecule has 1 heterocycles. The number of amides is 1. The Hall–Kier alpha value is -2.24. The molecule has 0 spiro atoms. The second-order valence-corrected chi connectivity index (χ2v) is 6.30. The Labute approximate surface area is 151 Å². The van der Waals surface area contributed by atoms with Gasteiger partial charge in [-0.15, -0.1) is 11.8 Å². The van der Waals surface area contributed by atoms with E-state index in [9.17, 15) is 18.0 Å². The number of rotatable bonds is 5. The van der Waals surface area contributed by atoms with E-state index in [2.05, 4.69) is 10.3 Å². The van der Waals surface area contributed by atoms with Crippen molar-refractivity contribution in [1.82, 2.24) is 4.98 Å². The van der Waals surface area contributed by atoms with Crippen LogP contribution in [0.5, 0.6) is 0 Å². The summed E-state index contributed by atoms with van der Waals surface area (Å²) >= 11 is 6.88. The van der Waals surface area contributed by atoms with Crippen molar-refractivity contribution in [3.05, 3.63) is 52.7 Å². The number of nitriles is 1. The fourth-order valence-corrected chi connectivity index (χ4v) is 2.96. The Morgan fingerprint density at radius 3 is 2.72 bits per heavy atom. The van der Waals surface area contributed by atoms with Gasteiger partial charge in [0.2, 0.25) is 5.91 Å². The van der Waals surface area contributed by atoms with Crippen molar-refractivity contribution in [1.29, 1.82) is 5.26 Å². The standard InChI is InChI=1S/C16H11ClF3N3OS/c17-12-7-11(16(18,19)20)9-22-15(12)25-6-5-14(24)23-13-4-2-1-3-10(13)8-21/h1-4,7,9H,5-6H2,(H,23,24). The van der Waals surface area contributed by atoms with Crippen LogP contribution in [-0.2, 0) is 11.0 Å². The van der Waals surface area contributed by atoms with Crippen LogP contribution >= 0.6 is 23.4 Å². The van der Waals surface area contributed by atoms with Gasteiger partial charge in [-0.05, 0) is 18.2 Å². The van der Waals surface area contributed by atoms with Gasteiger partial charge in [0.05, 0.1) is 21.8 Å². The maximum absolute atomic E-state index is 12.5. The van der Waals surface area contributed by atoms with Crippen LogP contribution in [0, 0.1) is 11.3 Å². The summed E-state index contributed by atoms with van der Waals surface area (Å²) in [7, 11) is 0. The minimum atomic E-state index is -4.51. The lowest BCUT2D eigenvalue weighted by atomic mass is 10.2. The summed E-state index contributed by atoms with van der Waals surface area (Å²) in [6.45, 7) is 0. The summed E-state index contributed by atoms with van der Waals surface area (Å²) in [5.41, 5.74) is -0.172. The van der Waals surface area contributed by atoms with E-state index in [1.807, 2.05) is 6.07 Å². The number of anilines is 1. The molecular weight excluding hydrogens is 375 g/mol. The molecule has 0 radical (unpaired) electrons. The third kappa shape index (κ3) is 5.37. The van der Waals surface area contributed by atoms with E-state index in [0.717, 1.165) is 17.8 Å².